The van der Waals surface area contributed by atoms with Crippen molar-refractivity contribution in [3.63, 3.8) is 0 Å². The van der Waals surface area contributed by atoms with Gasteiger partial charge in [-0.1, -0.05) is 13.0 Å². The number of nitrogens with zero attached hydrogens (tertiary/aromatic N) is 3. The monoisotopic (exact) mass is 272 g/mol. The maximum Gasteiger partial charge on any atom is 0.150 e. The van der Waals surface area contributed by atoms with E-state index in [1.807, 2.05) is 6.07 Å². The van der Waals surface area contributed by atoms with Crippen LogP contribution in [0.2, 0.25) is 0 Å². The first-order chi connectivity index (χ1) is 9.78. The SMILES string of the molecule is CCc1n[nH]c(CN2CCc3cc(OC)ccc3C2)n1. The summed E-state index contributed by atoms with van der Waals surface area (Å²) in [6.07, 6.45) is 1.93. The van der Waals surface area contributed by atoms with Gasteiger partial charge in [0.05, 0.1) is 13.7 Å². The van der Waals surface area contributed by atoms with Crippen LogP contribution in [0, 0.1) is 0 Å². The molecule has 0 aliphatic carbocycles. The fraction of sp³-hybridized carbons (Fsp3) is 0.467. The zero-order chi connectivity index (χ0) is 13.9. The highest BCUT2D eigenvalue weighted by Gasteiger charge is 2.18. The Balaban J connectivity index is 1.69. The second kappa shape index (κ2) is 5.63. The first-order valence-corrected chi connectivity index (χ1v) is 7.06. The number of H-pyrrole nitrogens is 1. The summed E-state index contributed by atoms with van der Waals surface area (Å²) in [6, 6.07) is 6.35. The Labute approximate surface area is 119 Å². The first-order valence-electron chi connectivity index (χ1n) is 7.06. The summed E-state index contributed by atoms with van der Waals surface area (Å²) in [4.78, 5) is 6.88. The summed E-state index contributed by atoms with van der Waals surface area (Å²) in [5.74, 6) is 2.79. The van der Waals surface area contributed by atoms with Crippen LogP contribution in [0.5, 0.6) is 5.75 Å². The largest absolute Gasteiger partial charge is 0.497 e. The Hall–Kier alpha value is -1.88. The van der Waals surface area contributed by atoms with E-state index < -0.39 is 0 Å². The van der Waals surface area contributed by atoms with E-state index in [4.69, 9.17) is 4.74 Å². The van der Waals surface area contributed by atoms with Gasteiger partial charge in [0.15, 0.2) is 0 Å². The maximum absolute atomic E-state index is 5.28. The van der Waals surface area contributed by atoms with Gasteiger partial charge in [-0.05, 0) is 29.7 Å². The number of aromatic amines is 1. The standard InChI is InChI=1S/C15H20N4O/c1-3-14-16-15(18-17-14)10-19-7-6-11-8-13(20-2)5-4-12(11)9-19/h4-5,8H,3,6-7,9-10H2,1-2H3,(H,16,17,18). The highest BCUT2D eigenvalue weighted by Crippen LogP contribution is 2.24. The summed E-state index contributed by atoms with van der Waals surface area (Å²) in [7, 11) is 1.71. The number of hydrogen-bond donors (Lipinski definition) is 1. The van der Waals surface area contributed by atoms with Gasteiger partial charge < -0.3 is 4.74 Å². The Kier molecular flexibility index (Phi) is 3.69. The number of methoxy groups -OCH3 is 1. The van der Waals surface area contributed by atoms with E-state index in [0.29, 0.717) is 0 Å². The van der Waals surface area contributed by atoms with Crippen LogP contribution in [-0.4, -0.2) is 33.7 Å². The Morgan fingerprint density at radius 2 is 2.25 bits per heavy atom. The Bertz CT molecular complexity index is 593. The van der Waals surface area contributed by atoms with Gasteiger partial charge in [0.1, 0.15) is 17.4 Å². The third-order valence-corrected chi connectivity index (χ3v) is 3.77. The van der Waals surface area contributed by atoms with Crippen molar-refractivity contribution in [1.82, 2.24) is 20.1 Å². The lowest BCUT2D eigenvalue weighted by atomic mass is 9.99. The molecule has 2 heterocycles. The molecule has 5 heteroatoms. The van der Waals surface area contributed by atoms with E-state index in [2.05, 4.69) is 39.1 Å². The molecule has 0 unspecified atom stereocenters. The van der Waals surface area contributed by atoms with Crippen LogP contribution < -0.4 is 4.74 Å². The zero-order valence-electron chi connectivity index (χ0n) is 12.0. The molecule has 0 saturated heterocycles. The number of fused-ring (bicyclic) bond motifs is 1. The summed E-state index contributed by atoms with van der Waals surface area (Å²) < 4.78 is 5.28. The third kappa shape index (κ3) is 2.67. The first kappa shape index (κ1) is 13.1. The molecule has 1 aromatic heterocycles. The van der Waals surface area contributed by atoms with Gasteiger partial charge in [-0.25, -0.2) is 4.98 Å². The van der Waals surface area contributed by atoms with Crippen molar-refractivity contribution in [2.24, 2.45) is 0 Å². The van der Waals surface area contributed by atoms with Crippen LogP contribution in [0.25, 0.3) is 0 Å². The van der Waals surface area contributed by atoms with E-state index >= 15 is 0 Å². The lowest BCUT2D eigenvalue weighted by molar-refractivity contribution is 0.239. The summed E-state index contributed by atoms with van der Waals surface area (Å²) >= 11 is 0. The van der Waals surface area contributed by atoms with E-state index in [9.17, 15) is 0 Å². The van der Waals surface area contributed by atoms with Crippen molar-refractivity contribution in [3.8, 4) is 5.75 Å². The van der Waals surface area contributed by atoms with Crippen LogP contribution in [-0.2, 0) is 25.9 Å². The Morgan fingerprint density at radius 1 is 1.35 bits per heavy atom. The van der Waals surface area contributed by atoms with E-state index in [1.54, 1.807) is 7.11 Å². The smallest absolute Gasteiger partial charge is 0.150 e. The second-order valence-electron chi connectivity index (χ2n) is 5.15. The topological polar surface area (TPSA) is 54.0 Å². The molecule has 0 saturated carbocycles. The summed E-state index contributed by atoms with van der Waals surface area (Å²) in [6.45, 7) is 4.90. The lowest BCUT2D eigenvalue weighted by Crippen LogP contribution is -2.30. The molecule has 0 atom stereocenters. The zero-order valence-corrected chi connectivity index (χ0v) is 12.0. The van der Waals surface area contributed by atoms with Crippen molar-refractivity contribution in [2.75, 3.05) is 13.7 Å². The molecule has 1 aromatic carbocycles. The number of nitrogens with one attached hydrogen (secondary N) is 1. The molecule has 2 aromatic rings. The minimum Gasteiger partial charge on any atom is -0.497 e. The molecule has 1 N–H and O–H groups in total. The number of benzene rings is 1. The average Bonchev–Trinajstić information content (AvgIpc) is 2.94. The van der Waals surface area contributed by atoms with E-state index in [0.717, 1.165) is 49.9 Å². The van der Waals surface area contributed by atoms with Gasteiger partial charge in [-0.2, -0.15) is 5.10 Å². The highest BCUT2D eigenvalue weighted by atomic mass is 16.5. The fourth-order valence-electron chi connectivity index (χ4n) is 2.63. The molecule has 3 rings (SSSR count). The van der Waals surface area contributed by atoms with Crippen molar-refractivity contribution in [1.29, 1.82) is 0 Å². The van der Waals surface area contributed by atoms with Gasteiger partial charge in [-0.3, -0.25) is 10.00 Å². The van der Waals surface area contributed by atoms with Crippen LogP contribution in [0.4, 0.5) is 0 Å². The predicted molar refractivity (Wildman–Crippen MR) is 76.6 cm³/mol. The van der Waals surface area contributed by atoms with Crippen molar-refractivity contribution in [3.05, 3.63) is 41.0 Å². The van der Waals surface area contributed by atoms with Crippen molar-refractivity contribution < 1.29 is 4.74 Å². The van der Waals surface area contributed by atoms with Gasteiger partial charge in [0.2, 0.25) is 0 Å². The van der Waals surface area contributed by atoms with Gasteiger partial charge in [0, 0.05) is 19.5 Å². The molecule has 20 heavy (non-hydrogen) atoms. The number of hydrogen-bond acceptors (Lipinski definition) is 4. The quantitative estimate of drug-likeness (QED) is 0.924. The van der Waals surface area contributed by atoms with Gasteiger partial charge >= 0.3 is 0 Å². The summed E-state index contributed by atoms with van der Waals surface area (Å²) in [5.41, 5.74) is 2.78. The maximum atomic E-state index is 5.28. The molecule has 1 aliphatic heterocycles. The molecular formula is C15H20N4O. The highest BCUT2D eigenvalue weighted by molar-refractivity contribution is 5.37. The van der Waals surface area contributed by atoms with Crippen LogP contribution in [0.3, 0.4) is 0 Å². The predicted octanol–water partition coefficient (Wildman–Crippen LogP) is 1.93. The molecule has 5 nitrogen and oxygen atoms in total. The van der Waals surface area contributed by atoms with Crippen molar-refractivity contribution >= 4 is 0 Å². The third-order valence-electron chi connectivity index (χ3n) is 3.77. The number of aryl methyl sites for hydroxylation is 1. The molecule has 0 bridgehead atoms. The summed E-state index contributed by atoms with van der Waals surface area (Å²) in [5, 5.41) is 7.21. The molecule has 0 spiro atoms. The van der Waals surface area contributed by atoms with Gasteiger partial charge in [-0.15, -0.1) is 0 Å². The van der Waals surface area contributed by atoms with Crippen LogP contribution in [0.1, 0.15) is 29.7 Å². The molecule has 0 radical (unpaired) electrons. The Morgan fingerprint density at radius 3 is 3.00 bits per heavy atom. The minimum absolute atomic E-state index is 0.832. The number of rotatable bonds is 4. The van der Waals surface area contributed by atoms with Gasteiger partial charge in [0.25, 0.3) is 0 Å². The molecule has 0 amide bonds. The molecule has 0 fully saturated rings. The lowest BCUT2D eigenvalue weighted by Gasteiger charge is -2.28. The number of aromatic nitrogens is 3. The van der Waals surface area contributed by atoms with E-state index in [1.165, 1.54) is 11.1 Å². The molecule has 106 valence electrons. The molecule has 1 aliphatic rings. The second-order valence-corrected chi connectivity index (χ2v) is 5.15. The minimum atomic E-state index is 0.832. The normalized spacial score (nSPS) is 15.1. The number of ether oxygens (including phenoxy) is 1. The van der Waals surface area contributed by atoms with E-state index in [-0.39, 0.29) is 0 Å². The molecular weight excluding hydrogens is 252 g/mol. The van der Waals surface area contributed by atoms with Crippen LogP contribution in [0.15, 0.2) is 18.2 Å². The van der Waals surface area contributed by atoms with Crippen LogP contribution >= 0.6 is 0 Å². The average molecular weight is 272 g/mol. The fourth-order valence-corrected chi connectivity index (χ4v) is 2.63. The van der Waals surface area contributed by atoms with Crippen molar-refractivity contribution in [2.45, 2.75) is 32.9 Å².